The summed E-state index contributed by atoms with van der Waals surface area (Å²) in [5, 5.41) is 17.5. The lowest BCUT2D eigenvalue weighted by atomic mass is 9.87. The van der Waals surface area contributed by atoms with Crippen LogP contribution < -0.4 is 10.4 Å². The first-order valence-corrected chi connectivity index (χ1v) is 14.8. The maximum absolute atomic E-state index is 16.4. The van der Waals surface area contributed by atoms with Crippen molar-refractivity contribution in [2.24, 2.45) is 0 Å². The van der Waals surface area contributed by atoms with Crippen LogP contribution in [0.4, 0.5) is 52.7 Å². The SMILES string of the molecule is [C-]#[N+]C([N+]#[C-])=C1Cc2c(-c3cc(F)c(SC(F)(F)F)c(F)c3)c3c(c(-c4cc(F)c(SC(F)(F)F)c(F)c4)c2=C1F)CC(=C(C#N)C#N)C=3F. The summed E-state index contributed by atoms with van der Waals surface area (Å²) in [7, 11) is 0. The lowest BCUT2D eigenvalue weighted by Gasteiger charge is -2.18. The van der Waals surface area contributed by atoms with Crippen LogP contribution in [0, 0.1) is 59.1 Å². The summed E-state index contributed by atoms with van der Waals surface area (Å²) in [4.78, 5) is 2.81. The maximum Gasteiger partial charge on any atom is 0.525 e. The monoisotopic (exact) mass is 740 g/mol. The van der Waals surface area contributed by atoms with Crippen molar-refractivity contribution in [1.82, 2.24) is 0 Å². The zero-order valence-electron chi connectivity index (χ0n) is 23.9. The highest BCUT2D eigenvalue weighted by Crippen LogP contribution is 2.45. The van der Waals surface area contributed by atoms with Crippen LogP contribution in [0.1, 0.15) is 11.1 Å². The Morgan fingerprint density at radius 2 is 0.960 bits per heavy atom. The van der Waals surface area contributed by atoms with Gasteiger partial charge in [0, 0.05) is 28.9 Å². The molecule has 5 rings (SSSR count). The molecular weight excluding hydrogens is 732 g/mol. The van der Waals surface area contributed by atoms with Crippen LogP contribution in [-0.4, -0.2) is 11.0 Å². The van der Waals surface area contributed by atoms with Crippen LogP contribution in [-0.2, 0) is 12.8 Å². The van der Waals surface area contributed by atoms with Crippen molar-refractivity contribution in [2.45, 2.75) is 33.6 Å². The molecule has 0 heterocycles. The molecule has 0 unspecified atom stereocenters. The summed E-state index contributed by atoms with van der Waals surface area (Å²) in [5.74, 6) is -11.0. The third kappa shape index (κ3) is 6.28. The fourth-order valence-electron chi connectivity index (χ4n) is 5.67. The molecule has 2 aliphatic rings. The molecule has 18 heteroatoms. The first kappa shape index (κ1) is 36.0. The Balaban J connectivity index is 2.03. The van der Waals surface area contributed by atoms with Crippen LogP contribution in [0.2, 0.25) is 0 Å². The molecule has 50 heavy (non-hydrogen) atoms. The molecule has 0 bridgehead atoms. The van der Waals surface area contributed by atoms with Crippen molar-refractivity contribution < 1.29 is 52.7 Å². The van der Waals surface area contributed by atoms with Gasteiger partial charge in [-0.05, 0) is 81.2 Å². The fraction of sp³-hybridized carbons (Fsp3) is 0.125. The van der Waals surface area contributed by atoms with Gasteiger partial charge in [-0.1, -0.05) is 0 Å². The highest BCUT2D eigenvalue weighted by atomic mass is 32.2. The number of rotatable bonds is 4. The lowest BCUT2D eigenvalue weighted by molar-refractivity contribution is -0.0339. The van der Waals surface area contributed by atoms with Gasteiger partial charge in [0.05, 0.1) is 15.4 Å². The van der Waals surface area contributed by atoms with E-state index >= 15 is 26.3 Å². The second-order valence-corrected chi connectivity index (χ2v) is 12.3. The summed E-state index contributed by atoms with van der Waals surface area (Å²) < 4.78 is 172. The quantitative estimate of drug-likeness (QED) is 0.116. The van der Waals surface area contributed by atoms with Crippen molar-refractivity contribution >= 4 is 35.2 Å². The van der Waals surface area contributed by atoms with E-state index in [1.807, 2.05) is 0 Å². The molecule has 0 N–H and O–H groups in total. The number of thioether (sulfide) groups is 2. The molecule has 0 fully saturated rings. The Kier molecular flexibility index (Phi) is 9.26. The smallest absolute Gasteiger partial charge is 0.207 e. The van der Waals surface area contributed by atoms with Crippen LogP contribution in [0.25, 0.3) is 43.6 Å². The number of nitriles is 2. The molecule has 2 aliphatic carbocycles. The molecule has 3 aromatic rings. The van der Waals surface area contributed by atoms with Gasteiger partial charge in [0.25, 0.3) is 0 Å². The largest absolute Gasteiger partial charge is 0.525 e. The zero-order chi connectivity index (χ0) is 37.0. The summed E-state index contributed by atoms with van der Waals surface area (Å²) >= 11 is -2.31. The Bertz CT molecular complexity index is 2170. The third-order valence-electron chi connectivity index (χ3n) is 7.40. The van der Waals surface area contributed by atoms with Gasteiger partial charge in [-0.25, -0.2) is 26.3 Å². The highest BCUT2D eigenvalue weighted by molar-refractivity contribution is 8.00. The predicted molar refractivity (Wildman–Crippen MR) is 155 cm³/mol. The summed E-state index contributed by atoms with van der Waals surface area (Å²) in [5.41, 5.74) is -16.2. The Morgan fingerprint density at radius 1 is 0.620 bits per heavy atom. The molecule has 0 radical (unpaired) electrons. The number of allylic oxidation sites excluding steroid dienone is 3. The standard InChI is InChI=1S/C32H8F12N4S2/c1-47-30(48-2)17-8-16-23(12-5-20(35)29(21(36)6-12)50-32(42,43)44)24-15(7-14(26(24)37)13(9-45)10-46)22(25(16)27(17)38)11-3-18(33)28(19(34)4-11)49-31(39,40)41/h3-6H,7-8H2. The Labute approximate surface area is 280 Å². The highest BCUT2D eigenvalue weighted by Gasteiger charge is 2.39. The van der Waals surface area contributed by atoms with Gasteiger partial charge in [-0.2, -0.15) is 46.6 Å². The molecule has 0 spiro atoms. The second-order valence-electron chi connectivity index (χ2n) is 10.2. The lowest BCUT2D eigenvalue weighted by Crippen LogP contribution is -2.24. The van der Waals surface area contributed by atoms with E-state index in [0.717, 1.165) is 0 Å². The molecule has 0 aromatic heterocycles. The van der Waals surface area contributed by atoms with Crippen LogP contribution in [0.15, 0.2) is 56.6 Å². The van der Waals surface area contributed by atoms with Crippen molar-refractivity contribution in [1.29, 1.82) is 10.5 Å². The first-order chi connectivity index (χ1) is 23.3. The normalized spacial score (nSPS) is 13.8. The van der Waals surface area contributed by atoms with Gasteiger partial charge in [0.15, 0.2) is 0 Å². The third-order valence-corrected chi connectivity index (χ3v) is 9.05. The van der Waals surface area contributed by atoms with Crippen LogP contribution in [0.3, 0.4) is 0 Å². The average Bonchev–Trinajstić information content (AvgIpc) is 3.52. The van der Waals surface area contributed by atoms with E-state index in [9.17, 15) is 36.9 Å². The fourth-order valence-corrected chi connectivity index (χ4v) is 6.76. The number of alkyl halides is 6. The van der Waals surface area contributed by atoms with Gasteiger partial charge in [0.2, 0.25) is 0 Å². The molecular formula is C32H8F12N4S2. The molecule has 0 saturated heterocycles. The van der Waals surface area contributed by atoms with Gasteiger partial charge >= 0.3 is 16.8 Å². The molecule has 0 aliphatic heterocycles. The zero-order valence-corrected chi connectivity index (χ0v) is 25.5. The van der Waals surface area contributed by atoms with E-state index in [-0.39, 0.29) is 0 Å². The first-order valence-electron chi connectivity index (χ1n) is 13.1. The number of hydrogen-bond acceptors (Lipinski definition) is 4. The summed E-state index contributed by atoms with van der Waals surface area (Å²) in [6.07, 6.45) is -1.67. The van der Waals surface area contributed by atoms with Crippen molar-refractivity contribution in [3.63, 3.8) is 0 Å². The van der Waals surface area contributed by atoms with Crippen molar-refractivity contribution in [2.75, 3.05) is 0 Å². The number of benzene rings is 3. The van der Waals surface area contributed by atoms with Crippen LogP contribution >= 0.6 is 23.5 Å². The predicted octanol–water partition coefficient (Wildman–Crippen LogP) is 9.46. The van der Waals surface area contributed by atoms with Crippen LogP contribution in [0.5, 0.6) is 0 Å². The van der Waals surface area contributed by atoms with Crippen molar-refractivity contribution in [3.8, 4) is 34.4 Å². The minimum Gasteiger partial charge on any atom is -0.207 e. The topological polar surface area (TPSA) is 56.3 Å². The molecule has 3 aromatic carbocycles. The number of halogens is 12. The molecule has 0 atom stereocenters. The van der Waals surface area contributed by atoms with Gasteiger partial charge in [0.1, 0.15) is 65.8 Å². The Morgan fingerprint density at radius 3 is 1.28 bits per heavy atom. The van der Waals surface area contributed by atoms with E-state index in [0.29, 0.717) is 24.3 Å². The molecule has 0 amide bonds. The number of nitrogens with zero attached hydrogens (tertiary/aromatic N) is 4. The van der Waals surface area contributed by atoms with E-state index in [4.69, 9.17) is 13.1 Å². The van der Waals surface area contributed by atoms with Gasteiger partial charge in [-0.15, -0.1) is 0 Å². The van der Waals surface area contributed by atoms with E-state index in [2.05, 4.69) is 9.69 Å². The number of hydrogen-bond donors (Lipinski definition) is 0. The second kappa shape index (κ2) is 12.9. The average molecular weight is 741 g/mol. The van der Waals surface area contributed by atoms with E-state index < -0.39 is 158 Å². The van der Waals surface area contributed by atoms with E-state index in [1.165, 1.54) is 12.1 Å². The number of fused-ring (bicyclic) bond motifs is 2. The van der Waals surface area contributed by atoms with E-state index in [1.54, 1.807) is 0 Å². The summed E-state index contributed by atoms with van der Waals surface area (Å²) in [6, 6.07) is 4.25. The molecule has 4 nitrogen and oxygen atoms in total. The van der Waals surface area contributed by atoms with Gasteiger partial charge < -0.3 is 0 Å². The summed E-state index contributed by atoms with van der Waals surface area (Å²) in [6.45, 7) is 14.6. The maximum atomic E-state index is 16.4. The van der Waals surface area contributed by atoms with Crippen molar-refractivity contribution in [3.05, 3.63) is 114 Å². The minimum atomic E-state index is -5.16. The molecule has 0 saturated carbocycles. The minimum absolute atomic E-state index is 0.351. The van der Waals surface area contributed by atoms with Gasteiger partial charge in [-0.3, -0.25) is 0 Å². The Hall–Kier alpha value is -5.30. The molecule has 252 valence electrons.